The molecule has 2 N–H and O–H groups in total. The number of nitrogens with one attached hydrogen (secondary N) is 1. The fraction of sp³-hybridized carbons (Fsp3) is 1.00. The van der Waals surface area contributed by atoms with Crippen LogP contribution >= 0.6 is 0 Å². The van der Waals surface area contributed by atoms with Crippen LogP contribution in [0.5, 0.6) is 0 Å². The predicted molar refractivity (Wildman–Crippen MR) is 78.2 cm³/mol. The largest absolute Gasteiger partial charge is 0.390 e. The molecule has 110 valence electrons. The molecule has 3 fully saturated rings. The topological polar surface area (TPSA) is 35.5 Å². The predicted octanol–water partition coefficient (Wildman–Crippen LogP) is 2.00. The van der Waals surface area contributed by atoms with Crippen molar-refractivity contribution >= 4 is 0 Å². The van der Waals surface area contributed by atoms with Crippen LogP contribution in [0.1, 0.15) is 51.4 Å². The summed E-state index contributed by atoms with van der Waals surface area (Å²) in [6.07, 6.45) is 9.98. The second kappa shape index (κ2) is 5.71. The molecule has 3 aliphatic rings. The van der Waals surface area contributed by atoms with E-state index in [1.807, 2.05) is 0 Å². The average molecular weight is 266 g/mol. The van der Waals surface area contributed by atoms with Crippen molar-refractivity contribution in [2.45, 2.75) is 63.0 Å². The van der Waals surface area contributed by atoms with E-state index in [0.717, 1.165) is 37.9 Å². The SMILES string of the molecule is CNC1CCCC1CN1CCC2(O)CCCCC2C1. The van der Waals surface area contributed by atoms with Crippen LogP contribution in [-0.4, -0.2) is 48.3 Å². The number of rotatable bonds is 3. The Bertz CT molecular complexity index is 307. The molecule has 3 rings (SSSR count). The minimum Gasteiger partial charge on any atom is -0.390 e. The van der Waals surface area contributed by atoms with Gasteiger partial charge < -0.3 is 15.3 Å². The third-order valence-electron chi connectivity index (χ3n) is 6.03. The van der Waals surface area contributed by atoms with E-state index in [1.165, 1.54) is 45.1 Å². The fourth-order valence-corrected chi connectivity index (χ4v) is 4.77. The summed E-state index contributed by atoms with van der Waals surface area (Å²) >= 11 is 0. The van der Waals surface area contributed by atoms with Gasteiger partial charge in [0.2, 0.25) is 0 Å². The lowest BCUT2D eigenvalue weighted by molar-refractivity contribution is -0.0973. The van der Waals surface area contributed by atoms with Crippen LogP contribution in [0.4, 0.5) is 0 Å². The van der Waals surface area contributed by atoms with Crippen molar-refractivity contribution in [2.24, 2.45) is 11.8 Å². The standard InChI is InChI=1S/C16H30N2O/c1-17-15-7-4-5-13(15)11-18-10-9-16(19)8-3-2-6-14(16)12-18/h13-15,17,19H,2-12H2,1H3. The van der Waals surface area contributed by atoms with Gasteiger partial charge in [0.1, 0.15) is 0 Å². The molecule has 0 radical (unpaired) electrons. The number of aliphatic hydroxyl groups is 1. The van der Waals surface area contributed by atoms with Gasteiger partial charge in [-0.25, -0.2) is 0 Å². The normalized spacial score (nSPS) is 44.2. The molecule has 1 heterocycles. The lowest BCUT2D eigenvalue weighted by Gasteiger charge is -2.48. The Kier molecular flexibility index (Phi) is 4.16. The van der Waals surface area contributed by atoms with Crippen LogP contribution in [-0.2, 0) is 0 Å². The molecule has 19 heavy (non-hydrogen) atoms. The zero-order valence-electron chi connectivity index (χ0n) is 12.4. The molecule has 1 aliphatic heterocycles. The van der Waals surface area contributed by atoms with Gasteiger partial charge in [0.25, 0.3) is 0 Å². The van der Waals surface area contributed by atoms with Crippen LogP contribution in [0.15, 0.2) is 0 Å². The lowest BCUT2D eigenvalue weighted by atomic mass is 9.71. The zero-order valence-corrected chi connectivity index (χ0v) is 12.4. The molecule has 3 heteroatoms. The van der Waals surface area contributed by atoms with Crippen molar-refractivity contribution in [3.05, 3.63) is 0 Å². The van der Waals surface area contributed by atoms with Gasteiger partial charge in [0.15, 0.2) is 0 Å². The molecule has 0 spiro atoms. The summed E-state index contributed by atoms with van der Waals surface area (Å²) < 4.78 is 0. The van der Waals surface area contributed by atoms with Gasteiger partial charge in [-0.2, -0.15) is 0 Å². The second-order valence-corrected chi connectivity index (χ2v) is 7.14. The molecular weight excluding hydrogens is 236 g/mol. The maximum Gasteiger partial charge on any atom is 0.0700 e. The summed E-state index contributed by atoms with van der Waals surface area (Å²) in [5.74, 6) is 1.38. The number of piperidine rings is 1. The highest BCUT2D eigenvalue weighted by Crippen LogP contribution is 2.40. The first-order valence-electron chi connectivity index (χ1n) is 8.33. The van der Waals surface area contributed by atoms with E-state index in [2.05, 4.69) is 17.3 Å². The van der Waals surface area contributed by atoms with Gasteiger partial charge in [-0.15, -0.1) is 0 Å². The maximum absolute atomic E-state index is 10.7. The third-order valence-corrected chi connectivity index (χ3v) is 6.03. The summed E-state index contributed by atoms with van der Waals surface area (Å²) in [7, 11) is 2.11. The van der Waals surface area contributed by atoms with Crippen molar-refractivity contribution in [3.63, 3.8) is 0 Å². The van der Waals surface area contributed by atoms with Gasteiger partial charge in [-0.3, -0.25) is 0 Å². The van der Waals surface area contributed by atoms with Crippen molar-refractivity contribution in [1.29, 1.82) is 0 Å². The van der Waals surface area contributed by atoms with E-state index in [0.29, 0.717) is 5.92 Å². The van der Waals surface area contributed by atoms with E-state index < -0.39 is 0 Å². The molecule has 3 nitrogen and oxygen atoms in total. The van der Waals surface area contributed by atoms with Crippen molar-refractivity contribution in [2.75, 3.05) is 26.7 Å². The van der Waals surface area contributed by atoms with Gasteiger partial charge in [0.05, 0.1) is 5.60 Å². The highest BCUT2D eigenvalue weighted by molar-refractivity contribution is 4.96. The van der Waals surface area contributed by atoms with Crippen molar-refractivity contribution in [3.8, 4) is 0 Å². The number of hydrogen-bond donors (Lipinski definition) is 2. The summed E-state index contributed by atoms with van der Waals surface area (Å²) in [4.78, 5) is 2.64. The molecule has 2 saturated carbocycles. The van der Waals surface area contributed by atoms with Crippen molar-refractivity contribution in [1.82, 2.24) is 10.2 Å². The van der Waals surface area contributed by atoms with Crippen LogP contribution < -0.4 is 5.32 Å². The molecule has 0 aromatic rings. The van der Waals surface area contributed by atoms with E-state index in [9.17, 15) is 5.11 Å². The molecular formula is C16H30N2O. The quantitative estimate of drug-likeness (QED) is 0.820. The van der Waals surface area contributed by atoms with Crippen LogP contribution in [0.25, 0.3) is 0 Å². The Balaban J connectivity index is 1.56. The highest BCUT2D eigenvalue weighted by atomic mass is 16.3. The van der Waals surface area contributed by atoms with Crippen LogP contribution in [0, 0.1) is 11.8 Å². The Morgan fingerprint density at radius 1 is 1.16 bits per heavy atom. The average Bonchev–Trinajstić information content (AvgIpc) is 2.86. The molecule has 4 unspecified atom stereocenters. The smallest absolute Gasteiger partial charge is 0.0700 e. The monoisotopic (exact) mass is 266 g/mol. The number of hydrogen-bond acceptors (Lipinski definition) is 3. The molecule has 0 aromatic heterocycles. The summed E-state index contributed by atoms with van der Waals surface area (Å²) in [5.41, 5.74) is -0.313. The van der Waals surface area contributed by atoms with Crippen LogP contribution in [0.3, 0.4) is 0 Å². The minimum absolute atomic E-state index is 0.313. The summed E-state index contributed by atoms with van der Waals surface area (Å²) in [6, 6.07) is 0.729. The first-order valence-corrected chi connectivity index (χ1v) is 8.33. The summed E-state index contributed by atoms with van der Waals surface area (Å²) in [5, 5.41) is 14.2. The Morgan fingerprint density at radius 2 is 2.05 bits per heavy atom. The number of fused-ring (bicyclic) bond motifs is 1. The van der Waals surface area contributed by atoms with E-state index in [4.69, 9.17) is 0 Å². The van der Waals surface area contributed by atoms with Gasteiger partial charge in [-0.1, -0.05) is 19.3 Å². The lowest BCUT2D eigenvalue weighted by Crippen LogP contribution is -2.54. The second-order valence-electron chi connectivity index (χ2n) is 7.14. The van der Waals surface area contributed by atoms with E-state index in [-0.39, 0.29) is 5.60 Å². The Labute approximate surface area is 117 Å². The molecule has 0 bridgehead atoms. The highest BCUT2D eigenvalue weighted by Gasteiger charge is 2.43. The van der Waals surface area contributed by atoms with Crippen molar-refractivity contribution < 1.29 is 5.11 Å². The molecule has 1 saturated heterocycles. The molecule has 0 aromatic carbocycles. The van der Waals surface area contributed by atoms with Gasteiger partial charge >= 0.3 is 0 Å². The first-order chi connectivity index (χ1) is 9.21. The maximum atomic E-state index is 10.7. The van der Waals surface area contributed by atoms with Gasteiger partial charge in [-0.05, 0) is 45.1 Å². The Morgan fingerprint density at radius 3 is 2.89 bits per heavy atom. The molecule has 0 amide bonds. The third kappa shape index (κ3) is 2.84. The van der Waals surface area contributed by atoms with E-state index >= 15 is 0 Å². The van der Waals surface area contributed by atoms with Crippen LogP contribution in [0.2, 0.25) is 0 Å². The summed E-state index contributed by atoms with van der Waals surface area (Å²) in [6.45, 7) is 3.50. The Hall–Kier alpha value is -0.120. The number of nitrogens with zero attached hydrogens (tertiary/aromatic N) is 1. The first kappa shape index (κ1) is 13.8. The number of likely N-dealkylation sites (tertiary alicyclic amines) is 1. The van der Waals surface area contributed by atoms with Gasteiger partial charge in [0, 0.05) is 31.6 Å². The zero-order chi connectivity index (χ0) is 13.3. The molecule has 2 aliphatic carbocycles. The molecule has 4 atom stereocenters. The minimum atomic E-state index is -0.313. The van der Waals surface area contributed by atoms with E-state index in [1.54, 1.807) is 0 Å². The fourth-order valence-electron chi connectivity index (χ4n) is 4.77.